The van der Waals surface area contributed by atoms with E-state index in [-0.39, 0.29) is 5.41 Å². The molecule has 0 amide bonds. The maximum atomic E-state index is 2.57. The third kappa shape index (κ3) is 3.43. The molecule has 0 spiro atoms. The van der Waals surface area contributed by atoms with E-state index in [0.717, 1.165) is 12.8 Å². The van der Waals surface area contributed by atoms with Crippen LogP contribution in [0.4, 0.5) is 0 Å². The van der Waals surface area contributed by atoms with Crippen molar-refractivity contribution in [1.29, 1.82) is 0 Å². The number of hydrogen-bond acceptors (Lipinski definition) is 0. The second-order valence-electron chi connectivity index (χ2n) is 13.4. The third-order valence-electron chi connectivity index (χ3n) is 11.5. The molecule has 0 bridgehead atoms. The molecule has 10 rings (SSSR count). The van der Waals surface area contributed by atoms with Crippen LogP contribution in [0.2, 0.25) is 0 Å². The van der Waals surface area contributed by atoms with Crippen molar-refractivity contribution in [1.82, 2.24) is 0 Å². The van der Waals surface area contributed by atoms with E-state index in [2.05, 4.69) is 159 Å². The van der Waals surface area contributed by atoms with E-state index in [0.29, 0.717) is 0 Å². The molecule has 0 aromatic heterocycles. The van der Waals surface area contributed by atoms with Gasteiger partial charge in [0.1, 0.15) is 0 Å². The van der Waals surface area contributed by atoms with Crippen LogP contribution >= 0.6 is 0 Å². The molecule has 0 aliphatic heterocycles. The Bertz CT molecular complexity index is 2530. The molecule has 3 aliphatic carbocycles. The monoisotopic (exact) mass is 598 g/mol. The van der Waals surface area contributed by atoms with Crippen molar-refractivity contribution >= 4 is 43.8 Å². The van der Waals surface area contributed by atoms with Gasteiger partial charge in [0.25, 0.3) is 0 Å². The van der Waals surface area contributed by atoms with Gasteiger partial charge >= 0.3 is 0 Å². The maximum Gasteiger partial charge on any atom is 0.0210 e. The minimum absolute atomic E-state index is 0.0215. The summed E-state index contributed by atoms with van der Waals surface area (Å²) in [6.07, 6.45) is 2.17. The van der Waals surface area contributed by atoms with E-state index in [4.69, 9.17) is 0 Å². The highest BCUT2D eigenvalue weighted by Gasteiger charge is 2.42. The Kier molecular flexibility index (Phi) is 5.56. The van der Waals surface area contributed by atoms with Crippen molar-refractivity contribution in [3.63, 3.8) is 0 Å². The first-order chi connectivity index (χ1) is 23.2. The second kappa shape index (κ2) is 9.77. The van der Waals surface area contributed by atoms with E-state index >= 15 is 0 Å². The van der Waals surface area contributed by atoms with Gasteiger partial charge in [0.2, 0.25) is 0 Å². The van der Waals surface area contributed by atoms with Gasteiger partial charge in [-0.25, -0.2) is 0 Å². The number of fused-ring (bicyclic) bond motifs is 11. The van der Waals surface area contributed by atoms with E-state index in [1.165, 1.54) is 99.5 Å². The van der Waals surface area contributed by atoms with Gasteiger partial charge in [-0.1, -0.05) is 153 Å². The molecular weight excluding hydrogens is 565 g/mol. The number of allylic oxidation sites excluding steroid dienone is 2. The Morgan fingerprint density at radius 3 is 1.72 bits per heavy atom. The van der Waals surface area contributed by atoms with Crippen LogP contribution in [0, 0.1) is 0 Å². The van der Waals surface area contributed by atoms with Crippen molar-refractivity contribution < 1.29 is 0 Å². The van der Waals surface area contributed by atoms with Crippen LogP contribution in [0.5, 0.6) is 0 Å². The average molecular weight is 599 g/mol. The molecule has 47 heavy (non-hydrogen) atoms. The fraction of sp³-hybridized carbons (Fsp3) is 0.106. The van der Waals surface area contributed by atoms with Gasteiger partial charge in [-0.15, -0.1) is 0 Å². The summed E-state index contributed by atoms with van der Waals surface area (Å²) >= 11 is 0. The van der Waals surface area contributed by atoms with Crippen LogP contribution in [0.3, 0.4) is 0 Å². The van der Waals surface area contributed by atoms with E-state index in [9.17, 15) is 0 Å². The molecule has 0 unspecified atom stereocenters. The average Bonchev–Trinajstić information content (AvgIpc) is 3.75. The summed E-state index contributed by atoms with van der Waals surface area (Å²) in [7, 11) is 0. The predicted octanol–water partition coefficient (Wildman–Crippen LogP) is 12.3. The first-order valence-electron chi connectivity index (χ1n) is 17.1. The van der Waals surface area contributed by atoms with Gasteiger partial charge in [0.15, 0.2) is 0 Å². The van der Waals surface area contributed by atoms with Crippen molar-refractivity contribution in [2.24, 2.45) is 0 Å². The molecule has 0 nitrogen and oxygen atoms in total. The quantitative estimate of drug-likeness (QED) is 0.189. The lowest BCUT2D eigenvalue weighted by molar-refractivity contribution is 0.490. The molecule has 0 heterocycles. The summed E-state index contributed by atoms with van der Waals surface area (Å²) < 4.78 is 0. The van der Waals surface area contributed by atoms with Crippen LogP contribution in [0.15, 0.2) is 146 Å². The summed E-state index contributed by atoms with van der Waals surface area (Å²) in [5.41, 5.74) is 19.3. The summed E-state index contributed by atoms with van der Waals surface area (Å²) in [4.78, 5) is 0. The molecule has 0 saturated carbocycles. The molecule has 3 aliphatic rings. The molecular formula is C47H34. The Morgan fingerprint density at radius 1 is 0.383 bits per heavy atom. The topological polar surface area (TPSA) is 0 Å². The zero-order valence-corrected chi connectivity index (χ0v) is 26.8. The van der Waals surface area contributed by atoms with Crippen molar-refractivity contribution in [3.8, 4) is 11.1 Å². The lowest BCUT2D eigenvalue weighted by atomic mass is 9.73. The maximum absolute atomic E-state index is 2.57. The van der Waals surface area contributed by atoms with Gasteiger partial charge < -0.3 is 0 Å². The minimum Gasteiger partial charge on any atom is -0.0642 e. The van der Waals surface area contributed by atoms with Crippen molar-refractivity contribution in [2.45, 2.75) is 32.1 Å². The molecule has 0 N–H and O–H groups in total. The van der Waals surface area contributed by atoms with E-state index in [1.54, 1.807) is 0 Å². The zero-order valence-electron chi connectivity index (χ0n) is 26.8. The number of rotatable bonds is 4. The first kappa shape index (κ1) is 26.7. The van der Waals surface area contributed by atoms with E-state index in [1.807, 2.05) is 0 Å². The Labute approximate surface area is 276 Å². The summed E-state index contributed by atoms with van der Waals surface area (Å²) in [5.74, 6) is 0. The second-order valence-corrected chi connectivity index (χ2v) is 13.4. The van der Waals surface area contributed by atoms with Crippen LogP contribution in [-0.4, -0.2) is 0 Å². The molecule has 0 fully saturated rings. The highest BCUT2D eigenvalue weighted by molar-refractivity contribution is 6.37. The Hall–Kier alpha value is -5.46. The molecule has 0 atom stereocenters. The minimum atomic E-state index is 0.0215. The molecule has 0 saturated heterocycles. The van der Waals surface area contributed by atoms with Crippen LogP contribution < -0.4 is 0 Å². The SMILES string of the molecule is CCC1(CC)c2ccccc2-c2ccc(C3=C4C(=C(c5cccc6ccccc56)c5ccccc54)c4ccc5ccccc5c43)cc21. The van der Waals surface area contributed by atoms with Gasteiger partial charge in [0, 0.05) is 5.41 Å². The van der Waals surface area contributed by atoms with Crippen LogP contribution in [0.1, 0.15) is 71.2 Å². The first-order valence-corrected chi connectivity index (χ1v) is 17.1. The highest BCUT2D eigenvalue weighted by Crippen LogP contribution is 2.61. The summed E-state index contributed by atoms with van der Waals surface area (Å²) in [6.45, 7) is 4.74. The third-order valence-corrected chi connectivity index (χ3v) is 11.5. The lowest BCUT2D eigenvalue weighted by Gasteiger charge is -2.30. The number of benzene rings is 7. The standard InChI is InChI=1S/C47H34/c1-3-47(4-2)40-23-12-11-19-34(40)35-26-25-31(28-41(35)47)42-43-33-18-8-6-15-30(33)24-27-39(43)46-44(37-20-9-10-21-38(37)45(42)46)36-22-13-16-29-14-5-7-17-32(29)36/h5-28H,3-4H2,1-2H3. The van der Waals surface area contributed by atoms with Crippen molar-refractivity contribution in [2.75, 3.05) is 0 Å². The Morgan fingerprint density at radius 2 is 0.936 bits per heavy atom. The molecule has 7 aromatic rings. The van der Waals surface area contributed by atoms with Gasteiger partial charge in [0.05, 0.1) is 0 Å². The predicted molar refractivity (Wildman–Crippen MR) is 199 cm³/mol. The summed E-state index contributed by atoms with van der Waals surface area (Å²) in [6, 6.07) is 54.9. The Balaban J connectivity index is 1.35. The van der Waals surface area contributed by atoms with Gasteiger partial charge in [-0.05, 0) is 118 Å². The normalized spacial score (nSPS) is 15.2. The van der Waals surface area contributed by atoms with Crippen molar-refractivity contribution in [3.05, 3.63) is 190 Å². The molecule has 222 valence electrons. The fourth-order valence-electron chi connectivity index (χ4n) is 9.35. The van der Waals surface area contributed by atoms with E-state index < -0.39 is 0 Å². The van der Waals surface area contributed by atoms with Gasteiger partial charge in [-0.3, -0.25) is 0 Å². The lowest BCUT2D eigenvalue weighted by Crippen LogP contribution is -2.23. The molecule has 0 radical (unpaired) electrons. The number of hydrogen-bond donors (Lipinski definition) is 0. The van der Waals surface area contributed by atoms with Crippen LogP contribution in [-0.2, 0) is 5.41 Å². The highest BCUT2D eigenvalue weighted by atomic mass is 14.4. The van der Waals surface area contributed by atoms with Crippen LogP contribution in [0.25, 0.3) is 55.0 Å². The smallest absolute Gasteiger partial charge is 0.0210 e. The molecule has 7 aromatic carbocycles. The van der Waals surface area contributed by atoms with Gasteiger partial charge in [-0.2, -0.15) is 0 Å². The summed E-state index contributed by atoms with van der Waals surface area (Å²) in [5, 5.41) is 5.19. The largest absolute Gasteiger partial charge is 0.0642 e. The molecule has 0 heteroatoms. The zero-order chi connectivity index (χ0) is 31.3. The fourth-order valence-corrected chi connectivity index (χ4v) is 9.35.